The Labute approximate surface area is 125 Å². The minimum absolute atomic E-state index is 0.0165. The van der Waals surface area contributed by atoms with Crippen molar-refractivity contribution in [3.8, 4) is 0 Å². The number of aryl methyl sites for hydroxylation is 1. The van der Waals surface area contributed by atoms with Crippen LogP contribution in [-0.4, -0.2) is 32.6 Å². The first kappa shape index (κ1) is 15.8. The van der Waals surface area contributed by atoms with E-state index in [4.69, 9.17) is 4.74 Å². The van der Waals surface area contributed by atoms with E-state index in [9.17, 15) is 18.0 Å². The van der Waals surface area contributed by atoms with Gasteiger partial charge in [0.15, 0.2) is 0 Å². The average molecular weight is 362 g/mol. The molecule has 0 fully saturated rings. The number of carbonyl (C=O) groups excluding carboxylic acids is 1. The quantitative estimate of drug-likeness (QED) is 0.607. The number of nitrogens with zero attached hydrogens (tertiary/aromatic N) is 1. The summed E-state index contributed by atoms with van der Waals surface area (Å²) in [6.07, 6.45) is -4.40. The van der Waals surface area contributed by atoms with E-state index in [1.54, 1.807) is 11.1 Å². The van der Waals surface area contributed by atoms with Crippen molar-refractivity contribution in [3.63, 3.8) is 0 Å². The number of alkyl halides is 3. The molecule has 1 aromatic carbocycles. The van der Waals surface area contributed by atoms with E-state index in [0.29, 0.717) is 12.0 Å². The van der Waals surface area contributed by atoms with Crippen molar-refractivity contribution in [1.29, 1.82) is 0 Å². The van der Waals surface area contributed by atoms with Gasteiger partial charge in [-0.2, -0.15) is 0 Å². The van der Waals surface area contributed by atoms with Crippen molar-refractivity contribution in [3.05, 3.63) is 50.6 Å². The fourth-order valence-corrected chi connectivity index (χ4v) is 3.96. The van der Waals surface area contributed by atoms with Crippen LogP contribution in [0, 0.1) is 6.92 Å². The van der Waals surface area contributed by atoms with Gasteiger partial charge in [-0.15, -0.1) is 0 Å². The first-order chi connectivity index (χ1) is 9.93. The van der Waals surface area contributed by atoms with E-state index in [-0.39, 0.29) is 27.0 Å². The molecule has 0 N–H and O–H groups in total. The van der Waals surface area contributed by atoms with Gasteiger partial charge < -0.3 is 0 Å². The molecule has 7 heteroatoms. The summed E-state index contributed by atoms with van der Waals surface area (Å²) in [6, 6.07) is 5.11. The number of aromatic nitrogens is 1. The summed E-state index contributed by atoms with van der Waals surface area (Å²) < 4.78 is 44.2. The Morgan fingerprint density at radius 3 is 2.76 bits per heavy atom. The van der Waals surface area contributed by atoms with Crippen LogP contribution in [0.25, 0.3) is 0 Å². The molecule has 1 heterocycles. The van der Waals surface area contributed by atoms with Crippen LogP contribution in [0.5, 0.6) is 0 Å². The van der Waals surface area contributed by atoms with E-state index in [2.05, 4.69) is 4.98 Å². The summed E-state index contributed by atoms with van der Waals surface area (Å²) in [5.41, 5.74) is 0.557. The molecule has 112 valence electrons. The van der Waals surface area contributed by atoms with Crippen molar-refractivity contribution < 1.29 is 22.7 Å². The molecule has 0 aliphatic heterocycles. The van der Waals surface area contributed by atoms with Gasteiger partial charge in [-0.1, -0.05) is 0 Å². The van der Waals surface area contributed by atoms with Gasteiger partial charge in [0.1, 0.15) is 0 Å². The van der Waals surface area contributed by atoms with Crippen LogP contribution in [0.4, 0.5) is 13.2 Å². The maximum atomic E-state index is 12.8. The molecule has 1 aromatic heterocycles. The summed E-state index contributed by atoms with van der Waals surface area (Å²) in [5, 5.41) is 1.76. The van der Waals surface area contributed by atoms with Gasteiger partial charge in [-0.25, -0.2) is 0 Å². The Bertz CT molecular complexity index is 625. The third-order valence-corrected chi connectivity index (χ3v) is 5.24. The average Bonchev–Trinajstić information content (AvgIpc) is 2.85. The number of rotatable bonds is 5. The number of benzene rings is 1. The minimum atomic E-state index is -4.40. The zero-order valence-electron chi connectivity index (χ0n) is 11.1. The van der Waals surface area contributed by atoms with Crippen LogP contribution in [0.1, 0.15) is 27.2 Å². The van der Waals surface area contributed by atoms with Crippen molar-refractivity contribution in [1.82, 2.24) is 4.98 Å². The Hall–Kier alpha value is -1.59. The van der Waals surface area contributed by atoms with Gasteiger partial charge in [0.05, 0.1) is 0 Å². The van der Waals surface area contributed by atoms with Crippen LogP contribution in [0.15, 0.2) is 29.3 Å². The number of hydrogen-bond acceptors (Lipinski definition) is 3. The molecule has 2 aromatic rings. The van der Waals surface area contributed by atoms with E-state index in [1.165, 1.54) is 6.07 Å². The predicted octanol–water partition coefficient (Wildman–Crippen LogP) is 2.77. The van der Waals surface area contributed by atoms with Gasteiger partial charge in [-0.3, -0.25) is 0 Å². The first-order valence-corrected chi connectivity index (χ1v) is 7.90. The SMILES string of the molecule is Cc1nc[se]c1C(COC=O)c1cccc(C(F)(F)F)c1. The van der Waals surface area contributed by atoms with Gasteiger partial charge in [-0.05, 0) is 0 Å². The number of halogens is 3. The zero-order valence-corrected chi connectivity index (χ0v) is 12.8. The number of carbonyl (C=O) groups is 1. The summed E-state index contributed by atoms with van der Waals surface area (Å²) in [4.78, 5) is 14.6. The molecule has 0 aliphatic rings. The Balaban J connectivity index is 2.42. The molecule has 2 rings (SSSR count). The second-order valence-corrected chi connectivity index (χ2v) is 6.27. The van der Waals surface area contributed by atoms with E-state index in [0.717, 1.165) is 22.3 Å². The molecule has 0 spiro atoms. The number of ether oxygens (including phenoxy) is 1. The monoisotopic (exact) mass is 363 g/mol. The molecule has 0 amide bonds. The predicted molar refractivity (Wildman–Crippen MR) is 71.2 cm³/mol. The second-order valence-electron chi connectivity index (χ2n) is 4.41. The Morgan fingerprint density at radius 2 is 2.19 bits per heavy atom. The van der Waals surface area contributed by atoms with Crippen LogP contribution in [-0.2, 0) is 15.7 Å². The molecule has 0 bridgehead atoms. The molecule has 1 atom stereocenters. The molecule has 0 radical (unpaired) electrons. The van der Waals surface area contributed by atoms with Crippen molar-refractivity contribution in [2.75, 3.05) is 6.61 Å². The molecular weight excluding hydrogens is 350 g/mol. The fourth-order valence-electron chi connectivity index (χ4n) is 2.04. The van der Waals surface area contributed by atoms with Gasteiger partial charge in [0.2, 0.25) is 0 Å². The van der Waals surface area contributed by atoms with Gasteiger partial charge in [0, 0.05) is 0 Å². The molecule has 3 nitrogen and oxygen atoms in total. The van der Waals surface area contributed by atoms with Crippen molar-refractivity contribution in [2.24, 2.45) is 0 Å². The zero-order chi connectivity index (χ0) is 15.5. The summed E-state index contributed by atoms with van der Waals surface area (Å²) in [7, 11) is 0. The Kier molecular flexibility index (Phi) is 4.85. The van der Waals surface area contributed by atoms with E-state index < -0.39 is 11.7 Å². The molecule has 0 saturated carbocycles. The van der Waals surface area contributed by atoms with E-state index in [1.807, 2.05) is 6.92 Å². The molecule has 0 saturated heterocycles. The fraction of sp³-hybridized carbons (Fsp3) is 0.286. The van der Waals surface area contributed by atoms with Crippen molar-refractivity contribution in [2.45, 2.75) is 19.0 Å². The Morgan fingerprint density at radius 1 is 1.43 bits per heavy atom. The number of hydrogen-bond donors (Lipinski definition) is 0. The van der Waals surface area contributed by atoms with Crippen molar-refractivity contribution >= 4 is 21.0 Å². The maximum absolute atomic E-state index is 12.8. The van der Waals surface area contributed by atoms with E-state index >= 15 is 0 Å². The van der Waals surface area contributed by atoms with Crippen LogP contribution >= 0.6 is 0 Å². The normalized spacial score (nSPS) is 13.0. The third kappa shape index (κ3) is 3.74. The van der Waals surface area contributed by atoms with Gasteiger partial charge >= 0.3 is 125 Å². The topological polar surface area (TPSA) is 39.2 Å². The molecule has 21 heavy (non-hydrogen) atoms. The van der Waals surface area contributed by atoms with Crippen LogP contribution in [0.2, 0.25) is 0 Å². The standard InChI is InChI=1S/C14H12F3NO2Se/c1-9-13(21-7-18-9)12(6-20-8-19)10-3-2-4-11(5-10)14(15,16)17/h2-5,7-8,12H,6H2,1H3. The van der Waals surface area contributed by atoms with Crippen LogP contribution in [0.3, 0.4) is 0 Å². The van der Waals surface area contributed by atoms with Gasteiger partial charge in [0.25, 0.3) is 0 Å². The third-order valence-electron chi connectivity index (χ3n) is 3.05. The molecular formula is C14H12F3NO2Se. The summed E-state index contributed by atoms with van der Waals surface area (Å²) in [5.74, 6) is -0.389. The van der Waals surface area contributed by atoms with Crippen LogP contribution < -0.4 is 0 Å². The first-order valence-electron chi connectivity index (χ1n) is 6.06. The summed E-state index contributed by atoms with van der Waals surface area (Å²) in [6.45, 7) is 2.13. The second kappa shape index (κ2) is 6.45. The molecule has 1 unspecified atom stereocenters. The molecule has 0 aliphatic carbocycles. The summed E-state index contributed by atoms with van der Waals surface area (Å²) >= 11 is -0.0325.